The highest BCUT2D eigenvalue weighted by molar-refractivity contribution is 5.93. The molecular weight excluding hydrogens is 312 g/mol. The lowest BCUT2D eigenvalue weighted by atomic mass is 9.74. The predicted octanol–water partition coefficient (Wildman–Crippen LogP) is 6.53. The van der Waals surface area contributed by atoms with Crippen LogP contribution in [0.15, 0.2) is 103 Å². The monoisotopic (exact) mass is 332 g/mol. The van der Waals surface area contributed by atoms with Gasteiger partial charge in [-0.15, -0.1) is 0 Å². The molecule has 1 spiro atoms. The first kappa shape index (κ1) is 15.2. The van der Waals surface area contributed by atoms with Crippen LogP contribution in [0, 0.1) is 0 Å². The summed E-state index contributed by atoms with van der Waals surface area (Å²) in [6.45, 7) is 2.05. The van der Waals surface area contributed by atoms with Gasteiger partial charge in [0.2, 0.25) is 0 Å². The van der Waals surface area contributed by atoms with E-state index in [1.54, 1.807) is 0 Å². The highest BCUT2D eigenvalue weighted by Crippen LogP contribution is 2.58. The molecule has 26 heavy (non-hydrogen) atoms. The third-order valence-corrected chi connectivity index (χ3v) is 5.61. The van der Waals surface area contributed by atoms with Crippen molar-refractivity contribution in [1.82, 2.24) is 0 Å². The van der Waals surface area contributed by atoms with E-state index in [1.165, 1.54) is 39.0 Å². The standard InChI is InChI=1S/C26H20/c1-2-3-4-11-19-18-26(23-15-8-5-12-20(19)23)24-16-9-6-13-21(24)22-14-7-10-17-25(22)26/h2-18H,1H3/b3-2-,11-4-. The maximum Gasteiger partial charge on any atom is 0.0659 e. The van der Waals surface area contributed by atoms with Crippen LogP contribution in [-0.4, -0.2) is 0 Å². The predicted molar refractivity (Wildman–Crippen MR) is 110 cm³/mol. The Morgan fingerprint density at radius 2 is 1.12 bits per heavy atom. The topological polar surface area (TPSA) is 0 Å². The molecule has 2 aliphatic carbocycles. The van der Waals surface area contributed by atoms with Crippen molar-refractivity contribution in [2.24, 2.45) is 0 Å². The van der Waals surface area contributed by atoms with Crippen LogP contribution in [0.1, 0.15) is 29.2 Å². The number of hydrogen-bond donors (Lipinski definition) is 0. The van der Waals surface area contributed by atoms with Crippen molar-refractivity contribution in [3.63, 3.8) is 0 Å². The van der Waals surface area contributed by atoms with Gasteiger partial charge in [-0.3, -0.25) is 0 Å². The van der Waals surface area contributed by atoms with Crippen molar-refractivity contribution < 1.29 is 0 Å². The molecule has 124 valence electrons. The molecule has 2 aliphatic rings. The third kappa shape index (κ3) is 1.90. The molecule has 0 radical (unpaired) electrons. The Morgan fingerprint density at radius 3 is 1.69 bits per heavy atom. The Morgan fingerprint density at radius 1 is 0.615 bits per heavy atom. The van der Waals surface area contributed by atoms with Gasteiger partial charge in [0, 0.05) is 0 Å². The van der Waals surface area contributed by atoms with Crippen LogP contribution in [0.2, 0.25) is 0 Å². The smallest absolute Gasteiger partial charge is 0.0659 e. The highest BCUT2D eigenvalue weighted by atomic mass is 14.5. The van der Waals surface area contributed by atoms with E-state index in [2.05, 4.69) is 103 Å². The second-order valence-corrected chi connectivity index (χ2v) is 6.93. The average Bonchev–Trinajstić information content (AvgIpc) is 3.18. The van der Waals surface area contributed by atoms with Crippen LogP contribution in [-0.2, 0) is 5.41 Å². The third-order valence-electron chi connectivity index (χ3n) is 5.61. The quantitative estimate of drug-likeness (QED) is 0.468. The summed E-state index contributed by atoms with van der Waals surface area (Å²) in [7, 11) is 0. The number of hydrogen-bond acceptors (Lipinski definition) is 0. The molecule has 5 rings (SSSR count). The van der Waals surface area contributed by atoms with Crippen molar-refractivity contribution in [3.05, 3.63) is 125 Å². The van der Waals surface area contributed by atoms with Crippen LogP contribution in [0.3, 0.4) is 0 Å². The summed E-state index contributed by atoms with van der Waals surface area (Å²) in [6.07, 6.45) is 11.0. The van der Waals surface area contributed by atoms with Crippen LogP contribution in [0.5, 0.6) is 0 Å². The molecule has 3 aromatic carbocycles. The Balaban J connectivity index is 1.86. The van der Waals surface area contributed by atoms with E-state index in [0.717, 1.165) is 0 Å². The summed E-state index contributed by atoms with van der Waals surface area (Å²) in [5.74, 6) is 0. The first-order valence-corrected chi connectivity index (χ1v) is 9.18. The summed E-state index contributed by atoms with van der Waals surface area (Å²) in [5.41, 5.74) is 9.33. The molecule has 0 nitrogen and oxygen atoms in total. The van der Waals surface area contributed by atoms with Gasteiger partial charge in [-0.1, -0.05) is 103 Å². The maximum atomic E-state index is 2.46. The SMILES string of the molecule is C/C=C\C=C/C1=CC2(c3ccccc31)c1ccccc1-c1ccccc12. The van der Waals surface area contributed by atoms with E-state index in [1.807, 2.05) is 6.92 Å². The largest absolute Gasteiger partial charge is 0.0877 e. The van der Waals surface area contributed by atoms with Gasteiger partial charge in [-0.2, -0.15) is 0 Å². The van der Waals surface area contributed by atoms with E-state index in [9.17, 15) is 0 Å². The maximum absolute atomic E-state index is 2.46. The zero-order valence-corrected chi connectivity index (χ0v) is 14.8. The number of fused-ring (bicyclic) bond motifs is 7. The minimum absolute atomic E-state index is 0.181. The minimum atomic E-state index is -0.181. The van der Waals surface area contributed by atoms with E-state index in [-0.39, 0.29) is 5.41 Å². The molecule has 0 saturated carbocycles. The Kier molecular flexibility index (Phi) is 3.33. The molecule has 0 N–H and O–H groups in total. The molecule has 0 fully saturated rings. The van der Waals surface area contributed by atoms with Crippen molar-refractivity contribution in [3.8, 4) is 11.1 Å². The molecule has 0 amide bonds. The van der Waals surface area contributed by atoms with Gasteiger partial charge in [0.05, 0.1) is 5.41 Å². The normalized spacial score (nSPS) is 16.1. The molecule has 0 saturated heterocycles. The van der Waals surface area contributed by atoms with Gasteiger partial charge in [-0.25, -0.2) is 0 Å². The molecule has 0 unspecified atom stereocenters. The fraction of sp³-hybridized carbons (Fsp3) is 0.0769. The van der Waals surface area contributed by atoms with E-state index >= 15 is 0 Å². The number of benzene rings is 3. The molecular formula is C26H20. The number of allylic oxidation sites excluding steroid dienone is 6. The van der Waals surface area contributed by atoms with Gasteiger partial charge in [0.1, 0.15) is 0 Å². The molecule has 0 heteroatoms. The molecule has 0 aromatic heterocycles. The first-order chi connectivity index (χ1) is 12.9. The second-order valence-electron chi connectivity index (χ2n) is 6.93. The molecule has 0 heterocycles. The minimum Gasteiger partial charge on any atom is -0.0877 e. The lowest BCUT2D eigenvalue weighted by Gasteiger charge is -2.27. The summed E-state index contributed by atoms with van der Waals surface area (Å²) in [6, 6.07) is 26.6. The number of rotatable bonds is 2. The van der Waals surface area contributed by atoms with E-state index < -0.39 is 0 Å². The van der Waals surface area contributed by atoms with Gasteiger partial charge in [-0.05, 0) is 45.9 Å². The lowest BCUT2D eigenvalue weighted by molar-refractivity contribution is 0.821. The lowest BCUT2D eigenvalue weighted by Crippen LogP contribution is -2.22. The zero-order chi connectivity index (χ0) is 17.6. The van der Waals surface area contributed by atoms with Crippen LogP contribution in [0.25, 0.3) is 16.7 Å². The molecule has 0 aliphatic heterocycles. The van der Waals surface area contributed by atoms with Crippen LogP contribution >= 0.6 is 0 Å². The summed E-state index contributed by atoms with van der Waals surface area (Å²) < 4.78 is 0. The Labute approximate surface area is 154 Å². The van der Waals surface area contributed by atoms with Crippen molar-refractivity contribution >= 4 is 5.57 Å². The Hall–Kier alpha value is -3.12. The van der Waals surface area contributed by atoms with E-state index in [4.69, 9.17) is 0 Å². The van der Waals surface area contributed by atoms with Crippen LogP contribution in [0.4, 0.5) is 0 Å². The first-order valence-electron chi connectivity index (χ1n) is 9.18. The van der Waals surface area contributed by atoms with Gasteiger partial charge >= 0.3 is 0 Å². The van der Waals surface area contributed by atoms with Gasteiger partial charge in [0.15, 0.2) is 0 Å². The fourth-order valence-electron chi connectivity index (χ4n) is 4.59. The fourth-order valence-corrected chi connectivity index (χ4v) is 4.59. The molecule has 0 bridgehead atoms. The Bertz CT molecular complexity index is 1050. The van der Waals surface area contributed by atoms with Crippen molar-refractivity contribution in [2.45, 2.75) is 12.3 Å². The second kappa shape index (κ2) is 5.71. The van der Waals surface area contributed by atoms with E-state index in [0.29, 0.717) is 0 Å². The van der Waals surface area contributed by atoms with Crippen molar-refractivity contribution in [1.29, 1.82) is 0 Å². The average molecular weight is 332 g/mol. The summed E-state index contributed by atoms with van der Waals surface area (Å²) in [5, 5.41) is 0. The van der Waals surface area contributed by atoms with Crippen molar-refractivity contribution in [2.75, 3.05) is 0 Å². The molecule has 0 atom stereocenters. The van der Waals surface area contributed by atoms with Gasteiger partial charge < -0.3 is 0 Å². The molecule has 3 aromatic rings. The highest BCUT2D eigenvalue weighted by Gasteiger charge is 2.46. The van der Waals surface area contributed by atoms with Crippen LogP contribution < -0.4 is 0 Å². The summed E-state index contributed by atoms with van der Waals surface area (Å²) in [4.78, 5) is 0. The zero-order valence-electron chi connectivity index (χ0n) is 14.8. The van der Waals surface area contributed by atoms with Gasteiger partial charge in [0.25, 0.3) is 0 Å². The summed E-state index contributed by atoms with van der Waals surface area (Å²) >= 11 is 0.